The number of rotatable bonds is 4. The minimum atomic E-state index is -0.548. The largest absolute Gasteiger partial charge is 0.459 e. The van der Waals surface area contributed by atoms with Crippen molar-refractivity contribution < 1.29 is 19.1 Å². The molecule has 0 bridgehead atoms. The van der Waals surface area contributed by atoms with Gasteiger partial charge in [0.1, 0.15) is 6.61 Å². The first kappa shape index (κ1) is 17.0. The molecule has 2 amide bonds. The Morgan fingerprint density at radius 3 is 3.00 bits per heavy atom. The van der Waals surface area contributed by atoms with E-state index < -0.39 is 12.0 Å². The lowest BCUT2D eigenvalue weighted by atomic mass is 9.96. The molecule has 6 nitrogen and oxygen atoms in total. The number of ether oxygens (including phenoxy) is 2. The maximum atomic E-state index is 12.6. The molecule has 2 N–H and O–H groups in total. The van der Waals surface area contributed by atoms with E-state index in [0.29, 0.717) is 17.9 Å². The molecule has 7 heteroatoms. The summed E-state index contributed by atoms with van der Waals surface area (Å²) in [5.41, 5.74) is 1.72. The fourth-order valence-electron chi connectivity index (χ4n) is 2.92. The van der Waals surface area contributed by atoms with Gasteiger partial charge in [0, 0.05) is 16.8 Å². The van der Waals surface area contributed by atoms with Gasteiger partial charge in [-0.25, -0.2) is 9.59 Å². The highest BCUT2D eigenvalue weighted by Gasteiger charge is 2.32. The third-order valence-electron chi connectivity index (χ3n) is 4.10. The lowest BCUT2D eigenvalue weighted by Crippen LogP contribution is -2.45. The number of hydrogen-bond donors (Lipinski definition) is 2. The summed E-state index contributed by atoms with van der Waals surface area (Å²) in [5, 5.41) is 5.43. The number of urea groups is 1. The van der Waals surface area contributed by atoms with Crippen LogP contribution in [0.1, 0.15) is 31.4 Å². The summed E-state index contributed by atoms with van der Waals surface area (Å²) in [4.78, 5) is 24.4. The van der Waals surface area contributed by atoms with Crippen molar-refractivity contribution in [2.24, 2.45) is 0 Å². The van der Waals surface area contributed by atoms with E-state index in [0.717, 1.165) is 22.9 Å². The van der Waals surface area contributed by atoms with Crippen LogP contribution in [-0.4, -0.2) is 31.3 Å². The predicted molar refractivity (Wildman–Crippen MR) is 91.2 cm³/mol. The van der Waals surface area contributed by atoms with Crippen molar-refractivity contribution in [1.29, 1.82) is 0 Å². The molecule has 2 atom stereocenters. The van der Waals surface area contributed by atoms with E-state index >= 15 is 0 Å². The smallest absolute Gasteiger partial charge is 0.338 e. The highest BCUT2D eigenvalue weighted by Crippen LogP contribution is 2.29. The van der Waals surface area contributed by atoms with Gasteiger partial charge in [0.25, 0.3) is 0 Å². The molecule has 128 valence electrons. The molecule has 2 heterocycles. The molecule has 1 fully saturated rings. The average molecular weight is 395 g/mol. The number of halogens is 1. The Labute approximate surface area is 148 Å². The normalized spacial score (nSPS) is 23.7. The highest BCUT2D eigenvalue weighted by molar-refractivity contribution is 9.10. The lowest BCUT2D eigenvalue weighted by Gasteiger charge is -2.28. The molecule has 1 aromatic carbocycles. The number of hydrogen-bond acceptors (Lipinski definition) is 4. The molecule has 0 aromatic heterocycles. The van der Waals surface area contributed by atoms with Gasteiger partial charge in [-0.15, -0.1) is 0 Å². The van der Waals surface area contributed by atoms with Crippen molar-refractivity contribution in [2.75, 3.05) is 13.2 Å². The molecule has 0 saturated carbocycles. The summed E-state index contributed by atoms with van der Waals surface area (Å²) >= 11 is 3.41. The summed E-state index contributed by atoms with van der Waals surface area (Å²) in [6.45, 7) is 2.64. The molecule has 24 heavy (non-hydrogen) atoms. The molecule has 0 radical (unpaired) electrons. The number of nitrogens with one attached hydrogen (secondary N) is 2. The third-order valence-corrected chi connectivity index (χ3v) is 4.59. The van der Waals surface area contributed by atoms with Crippen LogP contribution in [0.3, 0.4) is 0 Å². The summed E-state index contributed by atoms with van der Waals surface area (Å²) in [7, 11) is 0. The molecule has 0 aliphatic carbocycles. The molecule has 3 rings (SSSR count). The van der Waals surface area contributed by atoms with E-state index in [1.165, 1.54) is 0 Å². The Bertz CT molecular complexity index is 683. The predicted octanol–water partition coefficient (Wildman–Crippen LogP) is 2.80. The number of esters is 1. The molecule has 0 unspecified atom stereocenters. The standard InChI is InChI=1S/C17H19BrN2O4/c1-10-14(16(21)24-9-13-6-3-7-23-13)15(20-17(22)19-10)11-4-2-5-12(18)8-11/h2,4-5,8,13,15H,3,6-7,9H2,1H3,(H2,19,20,22)/t13-,15-/m0/s1. The minimum Gasteiger partial charge on any atom is -0.459 e. The number of benzene rings is 1. The maximum absolute atomic E-state index is 12.6. The SMILES string of the molecule is CC1=C(C(=O)OC[C@@H]2CCCO2)[C@H](c2cccc(Br)c2)NC(=O)N1. The van der Waals surface area contributed by atoms with Gasteiger partial charge in [0.05, 0.1) is 17.7 Å². The molecule has 1 saturated heterocycles. The second-order valence-corrected chi connectivity index (χ2v) is 6.77. The summed E-state index contributed by atoms with van der Waals surface area (Å²) in [5.74, 6) is -0.444. The monoisotopic (exact) mass is 394 g/mol. The highest BCUT2D eigenvalue weighted by atomic mass is 79.9. The van der Waals surface area contributed by atoms with Crippen molar-refractivity contribution >= 4 is 27.9 Å². The van der Waals surface area contributed by atoms with Crippen LogP contribution in [-0.2, 0) is 14.3 Å². The van der Waals surface area contributed by atoms with Gasteiger partial charge in [-0.3, -0.25) is 0 Å². The first-order valence-electron chi connectivity index (χ1n) is 7.87. The summed E-state index contributed by atoms with van der Waals surface area (Å²) < 4.78 is 11.8. The zero-order valence-electron chi connectivity index (χ0n) is 13.3. The van der Waals surface area contributed by atoms with Gasteiger partial charge < -0.3 is 20.1 Å². The molecule has 0 spiro atoms. The van der Waals surface area contributed by atoms with E-state index in [4.69, 9.17) is 9.47 Å². The minimum absolute atomic E-state index is 0.0367. The van der Waals surface area contributed by atoms with Gasteiger partial charge in [-0.2, -0.15) is 0 Å². The van der Waals surface area contributed by atoms with E-state index in [2.05, 4.69) is 26.6 Å². The van der Waals surface area contributed by atoms with Crippen LogP contribution in [0.2, 0.25) is 0 Å². The zero-order valence-corrected chi connectivity index (χ0v) is 14.9. The fourth-order valence-corrected chi connectivity index (χ4v) is 3.34. The van der Waals surface area contributed by atoms with Crippen LogP contribution in [0.15, 0.2) is 40.0 Å². The van der Waals surface area contributed by atoms with Gasteiger partial charge in [0.2, 0.25) is 0 Å². The Morgan fingerprint density at radius 2 is 2.29 bits per heavy atom. The Hall–Kier alpha value is -1.86. The maximum Gasteiger partial charge on any atom is 0.338 e. The molecular formula is C17H19BrN2O4. The molecule has 2 aliphatic heterocycles. The first-order valence-corrected chi connectivity index (χ1v) is 8.66. The average Bonchev–Trinajstić information content (AvgIpc) is 3.05. The van der Waals surface area contributed by atoms with Crippen LogP contribution in [0.25, 0.3) is 0 Å². The topological polar surface area (TPSA) is 76.7 Å². The summed E-state index contributed by atoms with van der Waals surface area (Å²) in [6.07, 6.45) is 1.85. The number of allylic oxidation sites excluding steroid dienone is 1. The first-order chi connectivity index (χ1) is 11.5. The van der Waals surface area contributed by atoms with E-state index in [9.17, 15) is 9.59 Å². The Morgan fingerprint density at radius 1 is 1.46 bits per heavy atom. The molecule has 1 aromatic rings. The van der Waals surface area contributed by atoms with Crippen molar-refractivity contribution in [3.63, 3.8) is 0 Å². The van der Waals surface area contributed by atoms with E-state index in [-0.39, 0.29) is 18.7 Å². The van der Waals surface area contributed by atoms with Crippen LogP contribution in [0, 0.1) is 0 Å². The van der Waals surface area contributed by atoms with Crippen molar-refractivity contribution in [1.82, 2.24) is 10.6 Å². The van der Waals surface area contributed by atoms with Gasteiger partial charge in [0.15, 0.2) is 0 Å². The number of carbonyl (C=O) groups excluding carboxylic acids is 2. The zero-order chi connectivity index (χ0) is 17.1. The van der Waals surface area contributed by atoms with Crippen molar-refractivity contribution in [2.45, 2.75) is 31.9 Å². The van der Waals surface area contributed by atoms with Crippen LogP contribution >= 0.6 is 15.9 Å². The lowest BCUT2D eigenvalue weighted by molar-refractivity contribution is -0.142. The van der Waals surface area contributed by atoms with Crippen LogP contribution < -0.4 is 10.6 Å². The van der Waals surface area contributed by atoms with Gasteiger partial charge in [-0.05, 0) is 37.5 Å². The van der Waals surface area contributed by atoms with Crippen molar-refractivity contribution in [3.05, 3.63) is 45.6 Å². The summed E-state index contributed by atoms with van der Waals surface area (Å²) in [6, 6.07) is 6.59. The van der Waals surface area contributed by atoms with Gasteiger partial charge in [-0.1, -0.05) is 28.1 Å². The second-order valence-electron chi connectivity index (χ2n) is 5.86. The van der Waals surface area contributed by atoms with Crippen molar-refractivity contribution in [3.8, 4) is 0 Å². The van der Waals surface area contributed by atoms with Crippen LogP contribution in [0.4, 0.5) is 4.79 Å². The Kier molecular flexibility index (Phi) is 5.20. The van der Waals surface area contributed by atoms with Gasteiger partial charge >= 0.3 is 12.0 Å². The Balaban J connectivity index is 1.81. The van der Waals surface area contributed by atoms with E-state index in [1.54, 1.807) is 6.92 Å². The fraction of sp³-hybridized carbons (Fsp3) is 0.412. The number of carbonyl (C=O) groups is 2. The second kappa shape index (κ2) is 7.36. The quantitative estimate of drug-likeness (QED) is 0.769. The van der Waals surface area contributed by atoms with Crippen LogP contribution in [0.5, 0.6) is 0 Å². The molecule has 2 aliphatic rings. The number of amides is 2. The molecular weight excluding hydrogens is 376 g/mol. The van der Waals surface area contributed by atoms with E-state index in [1.807, 2.05) is 24.3 Å². The third kappa shape index (κ3) is 3.79.